The van der Waals surface area contributed by atoms with Gasteiger partial charge in [0.25, 0.3) is 0 Å². The Hall–Kier alpha value is -0.193. The summed E-state index contributed by atoms with van der Waals surface area (Å²) in [5, 5.41) is 0. The fourth-order valence-electron chi connectivity index (χ4n) is 1.76. The molecule has 0 spiro atoms. The van der Waals surface area contributed by atoms with E-state index in [4.69, 9.17) is 4.43 Å². The molecular formula is C11H16BrNOSi. The zero-order valence-corrected chi connectivity index (χ0v) is 12.0. The Labute approximate surface area is 100 Å². The molecule has 0 aliphatic heterocycles. The summed E-state index contributed by atoms with van der Waals surface area (Å²) in [6.45, 7) is 6.68. The van der Waals surface area contributed by atoms with E-state index in [1.54, 1.807) is 0 Å². The smallest absolute Gasteiger partial charge is 0.185 e. The Kier molecular flexibility index (Phi) is 2.77. The molecule has 0 aromatic carbocycles. The number of hydrogen-bond donors (Lipinski definition) is 0. The van der Waals surface area contributed by atoms with Crippen molar-refractivity contribution in [1.29, 1.82) is 0 Å². The summed E-state index contributed by atoms with van der Waals surface area (Å²) in [6, 6.07) is 4.10. The standard InChI is InChI=1S/C11H16BrNOSi/c1-15(2,3)14-11(6-7-11)10-5-4-9(12)8-13-10/h4-5,8H,6-7H2,1-3H3. The van der Waals surface area contributed by atoms with Crippen molar-refractivity contribution in [2.75, 3.05) is 0 Å². The first-order valence-corrected chi connectivity index (χ1v) is 9.44. The second kappa shape index (κ2) is 3.68. The molecule has 15 heavy (non-hydrogen) atoms. The molecule has 1 aliphatic carbocycles. The third-order valence-electron chi connectivity index (χ3n) is 2.40. The van der Waals surface area contributed by atoms with Gasteiger partial charge < -0.3 is 4.43 Å². The number of pyridine rings is 1. The van der Waals surface area contributed by atoms with Gasteiger partial charge in [-0.05, 0) is 60.5 Å². The normalized spacial score (nSPS) is 18.9. The van der Waals surface area contributed by atoms with Crippen molar-refractivity contribution in [3.63, 3.8) is 0 Å². The minimum Gasteiger partial charge on any atom is -0.407 e. The summed E-state index contributed by atoms with van der Waals surface area (Å²) in [7, 11) is -1.48. The number of rotatable bonds is 3. The fourth-order valence-corrected chi connectivity index (χ4v) is 3.47. The van der Waals surface area contributed by atoms with Crippen LogP contribution in [0.5, 0.6) is 0 Å². The average Bonchev–Trinajstić information content (AvgIpc) is 2.83. The largest absolute Gasteiger partial charge is 0.407 e. The third-order valence-corrected chi connectivity index (χ3v) is 3.87. The van der Waals surface area contributed by atoms with E-state index in [1.807, 2.05) is 12.3 Å². The molecular weight excluding hydrogens is 270 g/mol. The fraction of sp³-hybridized carbons (Fsp3) is 0.545. The molecule has 2 rings (SSSR count). The van der Waals surface area contributed by atoms with Gasteiger partial charge in [0, 0.05) is 10.7 Å². The summed E-state index contributed by atoms with van der Waals surface area (Å²) >= 11 is 3.40. The molecule has 1 aliphatic rings. The van der Waals surface area contributed by atoms with Crippen molar-refractivity contribution in [3.05, 3.63) is 28.5 Å². The minimum absolute atomic E-state index is 0.0504. The maximum Gasteiger partial charge on any atom is 0.185 e. The van der Waals surface area contributed by atoms with Crippen molar-refractivity contribution < 1.29 is 4.43 Å². The molecule has 1 saturated carbocycles. The van der Waals surface area contributed by atoms with Crippen LogP contribution in [0.3, 0.4) is 0 Å². The van der Waals surface area contributed by atoms with E-state index in [0.717, 1.165) is 23.0 Å². The van der Waals surface area contributed by atoms with E-state index in [2.05, 4.69) is 46.6 Å². The van der Waals surface area contributed by atoms with E-state index in [-0.39, 0.29) is 5.60 Å². The van der Waals surface area contributed by atoms with Gasteiger partial charge in [-0.1, -0.05) is 0 Å². The lowest BCUT2D eigenvalue weighted by Crippen LogP contribution is -2.32. The summed E-state index contributed by atoms with van der Waals surface area (Å²) in [4.78, 5) is 4.45. The molecule has 1 aromatic rings. The second-order valence-electron chi connectivity index (χ2n) is 5.07. The number of hydrogen-bond acceptors (Lipinski definition) is 2. The molecule has 0 N–H and O–H groups in total. The Morgan fingerprint density at radius 3 is 2.40 bits per heavy atom. The Morgan fingerprint density at radius 1 is 1.33 bits per heavy atom. The van der Waals surface area contributed by atoms with Crippen LogP contribution in [-0.2, 0) is 10.0 Å². The van der Waals surface area contributed by atoms with Gasteiger partial charge in [0.05, 0.1) is 11.3 Å². The third kappa shape index (κ3) is 2.68. The van der Waals surface area contributed by atoms with E-state index in [0.29, 0.717) is 0 Å². The molecule has 0 saturated heterocycles. The van der Waals surface area contributed by atoms with Crippen LogP contribution in [0.15, 0.2) is 22.8 Å². The molecule has 0 unspecified atom stereocenters. The molecule has 0 amide bonds. The lowest BCUT2D eigenvalue weighted by atomic mass is 10.2. The topological polar surface area (TPSA) is 22.1 Å². The highest BCUT2D eigenvalue weighted by atomic mass is 79.9. The van der Waals surface area contributed by atoms with Gasteiger partial charge in [0.1, 0.15) is 0 Å². The van der Waals surface area contributed by atoms with Crippen molar-refractivity contribution in [3.8, 4) is 0 Å². The Balaban J connectivity index is 2.20. The van der Waals surface area contributed by atoms with Crippen molar-refractivity contribution in [1.82, 2.24) is 4.98 Å². The van der Waals surface area contributed by atoms with Gasteiger partial charge in [-0.15, -0.1) is 0 Å². The van der Waals surface area contributed by atoms with E-state index >= 15 is 0 Å². The van der Waals surface area contributed by atoms with Gasteiger partial charge in [-0.25, -0.2) is 0 Å². The van der Waals surface area contributed by atoms with Crippen LogP contribution in [0.25, 0.3) is 0 Å². The maximum absolute atomic E-state index is 6.22. The van der Waals surface area contributed by atoms with Crippen LogP contribution in [0, 0.1) is 0 Å². The maximum atomic E-state index is 6.22. The van der Waals surface area contributed by atoms with Gasteiger partial charge in [-0.2, -0.15) is 0 Å². The quantitative estimate of drug-likeness (QED) is 0.791. The summed E-state index contributed by atoms with van der Waals surface area (Å²) in [5.74, 6) is 0. The van der Waals surface area contributed by atoms with Gasteiger partial charge in [0.15, 0.2) is 8.32 Å². The lowest BCUT2D eigenvalue weighted by molar-refractivity contribution is 0.167. The predicted molar refractivity (Wildman–Crippen MR) is 67.3 cm³/mol. The second-order valence-corrected chi connectivity index (χ2v) is 10.4. The average molecular weight is 286 g/mol. The highest BCUT2D eigenvalue weighted by Gasteiger charge is 2.49. The lowest BCUT2D eigenvalue weighted by Gasteiger charge is -2.25. The predicted octanol–water partition coefficient (Wildman–Crippen LogP) is 3.68. The van der Waals surface area contributed by atoms with Crippen LogP contribution in [-0.4, -0.2) is 13.3 Å². The first kappa shape index (κ1) is 11.3. The molecule has 1 fully saturated rings. The van der Waals surface area contributed by atoms with Gasteiger partial charge >= 0.3 is 0 Å². The van der Waals surface area contributed by atoms with E-state index in [1.165, 1.54) is 0 Å². The number of aromatic nitrogens is 1. The Morgan fingerprint density at radius 2 is 2.00 bits per heavy atom. The summed E-state index contributed by atoms with van der Waals surface area (Å²) in [5.41, 5.74) is 1.04. The summed E-state index contributed by atoms with van der Waals surface area (Å²) in [6.07, 6.45) is 4.08. The highest BCUT2D eigenvalue weighted by Crippen LogP contribution is 2.50. The monoisotopic (exact) mass is 285 g/mol. The molecule has 82 valence electrons. The molecule has 4 heteroatoms. The minimum atomic E-state index is -1.48. The molecule has 0 radical (unpaired) electrons. The van der Waals surface area contributed by atoms with Crippen molar-refractivity contribution in [2.24, 2.45) is 0 Å². The van der Waals surface area contributed by atoms with Gasteiger partial charge in [-0.3, -0.25) is 4.98 Å². The zero-order valence-electron chi connectivity index (χ0n) is 9.38. The SMILES string of the molecule is C[Si](C)(C)OC1(c2ccc(Br)cn2)CC1. The van der Waals surface area contributed by atoms with Crippen molar-refractivity contribution in [2.45, 2.75) is 38.1 Å². The molecule has 1 heterocycles. The van der Waals surface area contributed by atoms with Crippen LogP contribution < -0.4 is 0 Å². The molecule has 2 nitrogen and oxygen atoms in total. The molecule has 0 bridgehead atoms. The van der Waals surface area contributed by atoms with Crippen LogP contribution in [0.1, 0.15) is 18.5 Å². The Bertz CT molecular complexity index is 354. The first-order chi connectivity index (χ1) is 6.91. The first-order valence-electron chi connectivity index (χ1n) is 5.24. The molecule has 0 atom stereocenters. The van der Waals surface area contributed by atoms with E-state index < -0.39 is 8.32 Å². The van der Waals surface area contributed by atoms with Gasteiger partial charge in [0.2, 0.25) is 0 Å². The van der Waals surface area contributed by atoms with Crippen LogP contribution >= 0.6 is 15.9 Å². The molecule has 1 aromatic heterocycles. The highest BCUT2D eigenvalue weighted by molar-refractivity contribution is 9.10. The zero-order chi connectivity index (χ0) is 11.1. The number of nitrogens with zero attached hydrogens (tertiary/aromatic N) is 1. The van der Waals surface area contributed by atoms with Crippen LogP contribution in [0.2, 0.25) is 19.6 Å². The van der Waals surface area contributed by atoms with Crippen LogP contribution in [0.4, 0.5) is 0 Å². The summed E-state index contributed by atoms with van der Waals surface area (Å²) < 4.78 is 7.25. The van der Waals surface area contributed by atoms with E-state index in [9.17, 15) is 0 Å². The number of halogens is 1. The van der Waals surface area contributed by atoms with Crippen molar-refractivity contribution >= 4 is 24.2 Å².